The maximum atomic E-state index is 12.1. The monoisotopic (exact) mass is 410 g/mol. The van der Waals surface area contributed by atoms with Crippen molar-refractivity contribution in [3.05, 3.63) is 47.2 Å². The number of anilines is 2. The lowest BCUT2D eigenvalue weighted by Gasteiger charge is -2.30. The Morgan fingerprint density at radius 3 is 2.60 bits per heavy atom. The molecule has 1 aromatic carbocycles. The van der Waals surface area contributed by atoms with Crippen LogP contribution in [0.15, 0.2) is 30.5 Å². The molecule has 160 valence electrons. The van der Waals surface area contributed by atoms with E-state index in [0.717, 1.165) is 38.3 Å². The Bertz CT molecular complexity index is 880. The zero-order chi connectivity index (χ0) is 21.1. The first-order valence-electron chi connectivity index (χ1n) is 10.6. The summed E-state index contributed by atoms with van der Waals surface area (Å²) >= 11 is 0. The number of carbonyl (C=O) groups excluding carboxylic acids is 1. The molecule has 1 amide bonds. The van der Waals surface area contributed by atoms with Gasteiger partial charge in [-0.3, -0.25) is 9.80 Å². The van der Waals surface area contributed by atoms with Gasteiger partial charge in [-0.15, -0.1) is 0 Å². The molecule has 1 saturated heterocycles. The van der Waals surface area contributed by atoms with Gasteiger partial charge in [0.1, 0.15) is 12.4 Å². The van der Waals surface area contributed by atoms with Gasteiger partial charge >= 0.3 is 6.09 Å². The van der Waals surface area contributed by atoms with E-state index in [1.165, 1.54) is 11.1 Å². The van der Waals surface area contributed by atoms with Gasteiger partial charge in [0.25, 0.3) is 0 Å². The number of hydrogen-bond acceptors (Lipinski definition) is 7. The van der Waals surface area contributed by atoms with Crippen LogP contribution >= 0.6 is 0 Å². The van der Waals surface area contributed by atoms with E-state index in [2.05, 4.69) is 56.7 Å². The molecule has 0 bridgehead atoms. The molecule has 2 aromatic rings. The molecule has 4 rings (SSSR count). The van der Waals surface area contributed by atoms with Crippen molar-refractivity contribution in [2.24, 2.45) is 0 Å². The molecular formula is C22H30N6O2. The largest absolute Gasteiger partial charge is 0.444 e. The van der Waals surface area contributed by atoms with Gasteiger partial charge in [-0.2, -0.15) is 4.98 Å². The molecular weight excluding hydrogens is 380 g/mol. The second-order valence-electron chi connectivity index (χ2n) is 8.19. The summed E-state index contributed by atoms with van der Waals surface area (Å²) in [6, 6.07) is 8.70. The van der Waals surface area contributed by atoms with Gasteiger partial charge in [0.15, 0.2) is 0 Å². The number of aromatic nitrogens is 2. The second kappa shape index (κ2) is 8.97. The molecule has 1 aromatic heterocycles. The van der Waals surface area contributed by atoms with Crippen LogP contribution in [0.5, 0.6) is 0 Å². The van der Waals surface area contributed by atoms with Gasteiger partial charge in [0, 0.05) is 45.0 Å². The third kappa shape index (κ3) is 4.55. The van der Waals surface area contributed by atoms with E-state index < -0.39 is 0 Å². The van der Waals surface area contributed by atoms with Crippen molar-refractivity contribution in [2.45, 2.75) is 46.0 Å². The van der Waals surface area contributed by atoms with E-state index in [9.17, 15) is 4.79 Å². The lowest BCUT2D eigenvalue weighted by atomic mass is 10.1. The minimum absolute atomic E-state index is 0.0410. The van der Waals surface area contributed by atoms with Crippen LogP contribution in [0.25, 0.3) is 0 Å². The highest BCUT2D eigenvalue weighted by atomic mass is 16.6. The standard InChI is InChI=1S/C22H30N6O2/c1-15(2)28-20-19(14-30-22(28)29)12-24-21(26-20)25-16(3)18-6-4-17(5-7-18)13-27-10-8-23-9-11-27/h4-7,12,15-16,23H,8-11,13-14H2,1-3H3,(H,24,25,26)/t16-/m0/s1. The van der Waals surface area contributed by atoms with E-state index in [1.807, 2.05) is 13.8 Å². The van der Waals surface area contributed by atoms with E-state index in [0.29, 0.717) is 11.8 Å². The van der Waals surface area contributed by atoms with E-state index >= 15 is 0 Å². The number of carbonyl (C=O) groups is 1. The van der Waals surface area contributed by atoms with Crippen LogP contribution in [0, 0.1) is 0 Å². The summed E-state index contributed by atoms with van der Waals surface area (Å²) in [4.78, 5) is 25.2. The first kappa shape index (κ1) is 20.6. The Hall–Kier alpha value is -2.71. The Balaban J connectivity index is 1.43. The number of amides is 1. The summed E-state index contributed by atoms with van der Waals surface area (Å²) in [7, 11) is 0. The molecule has 30 heavy (non-hydrogen) atoms. The van der Waals surface area contributed by atoms with Crippen LogP contribution in [0.3, 0.4) is 0 Å². The summed E-state index contributed by atoms with van der Waals surface area (Å²) in [5.74, 6) is 1.13. The Morgan fingerprint density at radius 1 is 1.17 bits per heavy atom. The van der Waals surface area contributed by atoms with Gasteiger partial charge < -0.3 is 15.4 Å². The number of ether oxygens (including phenoxy) is 1. The summed E-state index contributed by atoms with van der Waals surface area (Å²) in [6.45, 7) is 11.5. The molecule has 2 N–H and O–H groups in total. The van der Waals surface area contributed by atoms with Crippen LogP contribution < -0.4 is 15.5 Å². The number of fused-ring (bicyclic) bond motifs is 1. The van der Waals surface area contributed by atoms with Crippen LogP contribution in [-0.4, -0.2) is 53.2 Å². The van der Waals surface area contributed by atoms with Crippen LogP contribution in [0.1, 0.15) is 43.5 Å². The lowest BCUT2D eigenvalue weighted by molar-refractivity contribution is 0.139. The average molecular weight is 411 g/mol. The van der Waals surface area contributed by atoms with E-state index in [-0.39, 0.29) is 24.8 Å². The van der Waals surface area contributed by atoms with Crippen molar-refractivity contribution in [1.82, 2.24) is 20.2 Å². The van der Waals surface area contributed by atoms with Gasteiger partial charge in [0.2, 0.25) is 5.95 Å². The normalized spacial score (nSPS) is 18.1. The highest BCUT2D eigenvalue weighted by Crippen LogP contribution is 2.28. The van der Waals surface area contributed by atoms with Crippen molar-refractivity contribution >= 4 is 17.9 Å². The zero-order valence-corrected chi connectivity index (χ0v) is 17.9. The molecule has 1 atom stereocenters. The minimum Gasteiger partial charge on any atom is -0.444 e. The molecule has 0 spiro atoms. The first-order chi connectivity index (χ1) is 14.5. The van der Waals surface area contributed by atoms with Crippen molar-refractivity contribution in [1.29, 1.82) is 0 Å². The molecule has 3 heterocycles. The molecule has 8 heteroatoms. The fourth-order valence-corrected chi connectivity index (χ4v) is 3.84. The Kier molecular flexibility index (Phi) is 6.15. The van der Waals surface area contributed by atoms with Crippen LogP contribution in [-0.2, 0) is 17.9 Å². The number of benzene rings is 1. The smallest absolute Gasteiger partial charge is 0.416 e. The summed E-state index contributed by atoms with van der Waals surface area (Å²) in [5, 5.41) is 6.75. The zero-order valence-electron chi connectivity index (χ0n) is 17.9. The predicted molar refractivity (Wildman–Crippen MR) is 116 cm³/mol. The fraction of sp³-hybridized carbons (Fsp3) is 0.500. The highest BCUT2D eigenvalue weighted by molar-refractivity contribution is 5.89. The number of hydrogen-bond donors (Lipinski definition) is 2. The van der Waals surface area contributed by atoms with Crippen molar-refractivity contribution < 1.29 is 9.53 Å². The molecule has 0 saturated carbocycles. The molecule has 1 fully saturated rings. The molecule has 2 aliphatic heterocycles. The highest BCUT2D eigenvalue weighted by Gasteiger charge is 2.30. The summed E-state index contributed by atoms with van der Waals surface area (Å²) in [5.41, 5.74) is 3.31. The van der Waals surface area contributed by atoms with Crippen molar-refractivity contribution in [3.63, 3.8) is 0 Å². The maximum Gasteiger partial charge on any atom is 0.416 e. The number of nitrogens with one attached hydrogen (secondary N) is 2. The predicted octanol–water partition coefficient (Wildman–Crippen LogP) is 2.92. The topological polar surface area (TPSA) is 82.6 Å². The average Bonchev–Trinajstić information content (AvgIpc) is 2.74. The van der Waals surface area contributed by atoms with Crippen LogP contribution in [0.2, 0.25) is 0 Å². The number of cyclic esters (lactones) is 1. The van der Waals surface area contributed by atoms with Crippen LogP contribution in [0.4, 0.5) is 16.6 Å². The van der Waals surface area contributed by atoms with Gasteiger partial charge in [0.05, 0.1) is 11.6 Å². The molecule has 8 nitrogen and oxygen atoms in total. The number of piperazine rings is 1. The Labute approximate surface area is 177 Å². The van der Waals surface area contributed by atoms with Gasteiger partial charge in [-0.05, 0) is 31.9 Å². The molecule has 0 unspecified atom stereocenters. The van der Waals surface area contributed by atoms with Gasteiger partial charge in [-0.1, -0.05) is 24.3 Å². The third-order valence-corrected chi connectivity index (χ3v) is 5.58. The minimum atomic E-state index is -0.365. The number of rotatable bonds is 6. The fourth-order valence-electron chi connectivity index (χ4n) is 3.84. The Morgan fingerprint density at radius 2 is 1.90 bits per heavy atom. The lowest BCUT2D eigenvalue weighted by Crippen LogP contribution is -2.42. The molecule has 2 aliphatic rings. The SMILES string of the molecule is CC(C)N1C(=O)OCc2cnc(N[C@@H](C)c3ccc(CN4CCNCC4)cc3)nc21. The summed E-state index contributed by atoms with van der Waals surface area (Å²) < 4.78 is 5.21. The third-order valence-electron chi connectivity index (χ3n) is 5.58. The summed E-state index contributed by atoms with van der Waals surface area (Å²) in [6.07, 6.45) is 1.37. The molecule has 0 aliphatic carbocycles. The maximum absolute atomic E-state index is 12.1. The molecule has 0 radical (unpaired) electrons. The number of nitrogens with zero attached hydrogens (tertiary/aromatic N) is 4. The first-order valence-corrected chi connectivity index (χ1v) is 10.6. The van der Waals surface area contributed by atoms with Crippen molar-refractivity contribution in [2.75, 3.05) is 36.4 Å². The van der Waals surface area contributed by atoms with Crippen molar-refractivity contribution in [3.8, 4) is 0 Å². The van der Waals surface area contributed by atoms with E-state index in [1.54, 1.807) is 11.1 Å². The quantitative estimate of drug-likeness (QED) is 0.758. The van der Waals surface area contributed by atoms with E-state index in [4.69, 9.17) is 4.74 Å². The second-order valence-corrected chi connectivity index (χ2v) is 8.19. The van der Waals surface area contributed by atoms with Gasteiger partial charge in [-0.25, -0.2) is 9.78 Å².